The van der Waals surface area contributed by atoms with Crippen LogP contribution in [0.25, 0.3) is 0 Å². The Morgan fingerprint density at radius 2 is 1.81 bits per heavy atom. The molecule has 1 heterocycles. The van der Waals surface area contributed by atoms with E-state index >= 15 is 0 Å². The highest BCUT2D eigenvalue weighted by atomic mass is 32.2. The van der Waals surface area contributed by atoms with Crippen molar-refractivity contribution in [3.63, 3.8) is 0 Å². The summed E-state index contributed by atoms with van der Waals surface area (Å²) in [7, 11) is 0. The summed E-state index contributed by atoms with van der Waals surface area (Å²) in [5.41, 5.74) is 2.54. The van der Waals surface area contributed by atoms with E-state index in [0.717, 1.165) is 4.90 Å². The standard InChI is InChI=1S/C18H13N3O4S/c22-18(13-6-8-14(9-7-13)21(23)24)20-19-12-15-10-11-17(25-15)26-16-4-2-1-3-5-16/h1-12H,(H,20,22)/b19-12-. The van der Waals surface area contributed by atoms with E-state index in [0.29, 0.717) is 10.9 Å². The van der Waals surface area contributed by atoms with Crippen molar-refractivity contribution in [3.8, 4) is 0 Å². The number of hydrogen-bond donors (Lipinski definition) is 1. The number of carbonyl (C=O) groups is 1. The van der Waals surface area contributed by atoms with E-state index < -0.39 is 10.8 Å². The fraction of sp³-hybridized carbons (Fsp3) is 0. The first-order valence-electron chi connectivity index (χ1n) is 7.52. The van der Waals surface area contributed by atoms with Crippen molar-refractivity contribution >= 4 is 29.6 Å². The van der Waals surface area contributed by atoms with Crippen LogP contribution in [0.3, 0.4) is 0 Å². The SMILES string of the molecule is O=C(N/N=C\c1ccc(Sc2ccccc2)o1)c1ccc([N+](=O)[O-])cc1. The number of carbonyl (C=O) groups excluding carboxylic acids is 1. The number of nitrogens with zero attached hydrogens (tertiary/aromatic N) is 2. The van der Waals surface area contributed by atoms with E-state index in [1.165, 1.54) is 42.2 Å². The van der Waals surface area contributed by atoms with Gasteiger partial charge in [-0.15, -0.1) is 0 Å². The molecule has 0 bridgehead atoms. The smallest absolute Gasteiger partial charge is 0.271 e. The Bertz CT molecular complexity index is 937. The van der Waals surface area contributed by atoms with Gasteiger partial charge in [0.2, 0.25) is 0 Å². The fourth-order valence-corrected chi connectivity index (χ4v) is 2.82. The molecule has 0 saturated heterocycles. The molecule has 3 aromatic rings. The molecule has 0 unspecified atom stereocenters. The third kappa shape index (κ3) is 4.58. The largest absolute Gasteiger partial charge is 0.448 e. The third-order valence-electron chi connectivity index (χ3n) is 3.26. The van der Waals surface area contributed by atoms with Crippen LogP contribution < -0.4 is 5.43 Å². The highest BCUT2D eigenvalue weighted by molar-refractivity contribution is 7.99. The van der Waals surface area contributed by atoms with Crippen LogP contribution in [-0.4, -0.2) is 17.0 Å². The molecule has 0 aliphatic carbocycles. The minimum Gasteiger partial charge on any atom is -0.448 e. The fourth-order valence-electron chi connectivity index (χ4n) is 2.02. The van der Waals surface area contributed by atoms with Gasteiger partial charge >= 0.3 is 0 Å². The Labute approximate surface area is 152 Å². The topological polar surface area (TPSA) is 97.7 Å². The third-order valence-corrected chi connectivity index (χ3v) is 4.19. The quantitative estimate of drug-likeness (QED) is 0.402. The molecule has 0 atom stereocenters. The number of hydrazone groups is 1. The predicted molar refractivity (Wildman–Crippen MR) is 97.4 cm³/mol. The van der Waals surface area contributed by atoms with Gasteiger partial charge in [0.1, 0.15) is 5.76 Å². The van der Waals surface area contributed by atoms with E-state index in [1.54, 1.807) is 6.07 Å². The predicted octanol–water partition coefficient (Wildman–Crippen LogP) is 4.10. The Morgan fingerprint density at radius 3 is 2.50 bits per heavy atom. The Balaban J connectivity index is 1.56. The van der Waals surface area contributed by atoms with Gasteiger partial charge in [-0.3, -0.25) is 14.9 Å². The Kier molecular flexibility index (Phi) is 5.45. The van der Waals surface area contributed by atoms with Crippen LogP contribution in [0.4, 0.5) is 5.69 Å². The van der Waals surface area contributed by atoms with Crippen LogP contribution in [0.5, 0.6) is 0 Å². The molecular weight excluding hydrogens is 354 g/mol. The summed E-state index contributed by atoms with van der Waals surface area (Å²) in [6, 6.07) is 18.6. The monoisotopic (exact) mass is 367 g/mol. The molecule has 0 radical (unpaired) electrons. The summed E-state index contributed by atoms with van der Waals surface area (Å²) in [5, 5.41) is 15.1. The zero-order chi connectivity index (χ0) is 18.4. The zero-order valence-electron chi connectivity index (χ0n) is 13.4. The highest BCUT2D eigenvalue weighted by Gasteiger charge is 2.08. The molecule has 1 aromatic heterocycles. The molecule has 26 heavy (non-hydrogen) atoms. The average Bonchev–Trinajstić information content (AvgIpc) is 3.09. The van der Waals surface area contributed by atoms with Crippen molar-refractivity contribution in [3.05, 3.63) is 88.2 Å². The van der Waals surface area contributed by atoms with E-state index in [2.05, 4.69) is 10.5 Å². The molecule has 130 valence electrons. The van der Waals surface area contributed by atoms with Crippen LogP contribution >= 0.6 is 11.8 Å². The maximum Gasteiger partial charge on any atom is 0.271 e. The van der Waals surface area contributed by atoms with Gasteiger partial charge in [0.25, 0.3) is 11.6 Å². The molecule has 2 aromatic carbocycles. The second kappa shape index (κ2) is 8.13. The number of nitrogens with one attached hydrogen (secondary N) is 1. The summed E-state index contributed by atoms with van der Waals surface area (Å²) in [4.78, 5) is 23.1. The first kappa shape index (κ1) is 17.4. The van der Waals surface area contributed by atoms with Gasteiger partial charge in [-0.2, -0.15) is 5.10 Å². The maximum absolute atomic E-state index is 11.9. The first-order chi connectivity index (χ1) is 12.6. The molecule has 0 saturated carbocycles. The molecule has 0 spiro atoms. The lowest BCUT2D eigenvalue weighted by atomic mass is 10.2. The average molecular weight is 367 g/mol. The molecule has 8 heteroatoms. The molecule has 7 nitrogen and oxygen atoms in total. The molecule has 1 N–H and O–H groups in total. The van der Waals surface area contributed by atoms with Gasteiger partial charge in [0.05, 0.1) is 11.1 Å². The lowest BCUT2D eigenvalue weighted by Gasteiger charge is -1.99. The van der Waals surface area contributed by atoms with Gasteiger partial charge < -0.3 is 4.42 Å². The van der Waals surface area contributed by atoms with Crippen molar-refractivity contribution in [1.29, 1.82) is 0 Å². The lowest BCUT2D eigenvalue weighted by molar-refractivity contribution is -0.384. The van der Waals surface area contributed by atoms with Crippen LogP contribution in [0, 0.1) is 10.1 Å². The minimum absolute atomic E-state index is 0.0796. The van der Waals surface area contributed by atoms with E-state index in [9.17, 15) is 14.9 Å². The molecule has 0 aliphatic heterocycles. The van der Waals surface area contributed by atoms with E-state index in [4.69, 9.17) is 4.42 Å². The number of furan rings is 1. The molecule has 1 amide bonds. The van der Waals surface area contributed by atoms with Crippen LogP contribution in [0.15, 0.2) is 86.2 Å². The molecular formula is C18H13N3O4S. The van der Waals surface area contributed by atoms with E-state index in [1.807, 2.05) is 36.4 Å². The number of hydrogen-bond acceptors (Lipinski definition) is 6. The van der Waals surface area contributed by atoms with Crippen molar-refractivity contribution in [1.82, 2.24) is 5.43 Å². The number of benzene rings is 2. The second-order valence-corrected chi connectivity index (χ2v) is 6.15. The number of nitro groups is 1. The summed E-state index contributed by atoms with van der Waals surface area (Å²) >= 11 is 1.48. The number of non-ortho nitro benzene ring substituents is 1. The normalized spacial score (nSPS) is 10.8. The minimum atomic E-state index is -0.526. The van der Waals surface area contributed by atoms with E-state index in [-0.39, 0.29) is 11.3 Å². The summed E-state index contributed by atoms with van der Waals surface area (Å²) < 4.78 is 5.60. The number of nitro benzene ring substituents is 1. The molecule has 0 aliphatic rings. The van der Waals surface area contributed by atoms with Crippen molar-refractivity contribution in [2.24, 2.45) is 5.10 Å². The van der Waals surface area contributed by atoms with Gasteiger partial charge in [-0.1, -0.05) is 30.0 Å². The first-order valence-corrected chi connectivity index (χ1v) is 8.34. The van der Waals surface area contributed by atoms with Crippen LogP contribution in [0.1, 0.15) is 16.1 Å². The number of rotatable bonds is 6. The molecule has 0 fully saturated rings. The number of amides is 1. The Morgan fingerprint density at radius 1 is 1.08 bits per heavy atom. The van der Waals surface area contributed by atoms with Crippen molar-refractivity contribution in [2.45, 2.75) is 9.99 Å². The van der Waals surface area contributed by atoms with Crippen molar-refractivity contribution in [2.75, 3.05) is 0 Å². The zero-order valence-corrected chi connectivity index (χ0v) is 14.2. The summed E-state index contributed by atoms with van der Waals surface area (Å²) in [6.45, 7) is 0. The Hall–Kier alpha value is -3.39. The summed E-state index contributed by atoms with van der Waals surface area (Å²) in [5.74, 6) is 0.0222. The second-order valence-electron chi connectivity index (χ2n) is 5.08. The van der Waals surface area contributed by atoms with Crippen LogP contribution in [-0.2, 0) is 0 Å². The van der Waals surface area contributed by atoms with Gasteiger partial charge in [-0.25, -0.2) is 5.43 Å². The maximum atomic E-state index is 11.9. The van der Waals surface area contributed by atoms with Crippen LogP contribution in [0.2, 0.25) is 0 Å². The van der Waals surface area contributed by atoms with Crippen molar-refractivity contribution < 1.29 is 14.1 Å². The molecule has 3 rings (SSSR count). The van der Waals surface area contributed by atoms with Gasteiger partial charge in [0, 0.05) is 22.6 Å². The summed E-state index contributed by atoms with van der Waals surface area (Å²) in [6.07, 6.45) is 1.39. The lowest BCUT2D eigenvalue weighted by Crippen LogP contribution is -2.17. The highest BCUT2D eigenvalue weighted by Crippen LogP contribution is 2.28. The van der Waals surface area contributed by atoms with Gasteiger partial charge in [0.15, 0.2) is 5.09 Å². The van der Waals surface area contributed by atoms with Gasteiger partial charge in [-0.05, 0) is 36.4 Å².